The molecule has 0 unspecified atom stereocenters. The number of nitrogens with zero attached hydrogens (tertiary/aromatic N) is 3. The molecule has 1 fully saturated rings. The van der Waals surface area contributed by atoms with E-state index < -0.39 is 32.6 Å². The molecule has 8 heteroatoms. The molecule has 4 rings (SSSR count). The van der Waals surface area contributed by atoms with Crippen LogP contribution in [0.15, 0.2) is 35.6 Å². The average Bonchev–Trinajstić information content (AvgIpc) is 2.84. The lowest BCUT2D eigenvalue weighted by Crippen LogP contribution is -2.42. The highest BCUT2D eigenvalue weighted by Crippen LogP contribution is 2.46. The number of benzene rings is 1. The molecule has 1 saturated heterocycles. The lowest BCUT2D eigenvalue weighted by Gasteiger charge is -2.34. The second-order valence-electron chi connectivity index (χ2n) is 5.76. The van der Waals surface area contributed by atoms with Crippen molar-refractivity contribution in [3.63, 3.8) is 0 Å². The van der Waals surface area contributed by atoms with Crippen molar-refractivity contribution >= 4 is 10.0 Å². The van der Waals surface area contributed by atoms with E-state index in [2.05, 4.69) is 9.97 Å². The Bertz CT molecular complexity index is 868. The number of hydrogen-bond donors (Lipinski definition) is 0. The van der Waals surface area contributed by atoms with Gasteiger partial charge < -0.3 is 0 Å². The Morgan fingerprint density at radius 3 is 2.65 bits per heavy atom. The van der Waals surface area contributed by atoms with E-state index in [0.29, 0.717) is 19.3 Å². The van der Waals surface area contributed by atoms with Gasteiger partial charge in [-0.25, -0.2) is 27.2 Å². The largest absolute Gasteiger partial charge is 0.249 e. The summed E-state index contributed by atoms with van der Waals surface area (Å²) in [5, 5.41) is 0. The van der Waals surface area contributed by atoms with Crippen LogP contribution < -0.4 is 0 Å². The number of hydrogen-bond acceptors (Lipinski definition) is 4. The Balaban J connectivity index is 1.86. The molecule has 3 heterocycles. The summed E-state index contributed by atoms with van der Waals surface area (Å²) in [5.74, 6) is -2.14. The molecule has 23 heavy (non-hydrogen) atoms. The molecular weight excluding hydrogens is 324 g/mol. The predicted molar refractivity (Wildman–Crippen MR) is 76.9 cm³/mol. The van der Waals surface area contributed by atoms with Crippen LogP contribution in [0.3, 0.4) is 0 Å². The maximum atomic E-state index is 14.0. The maximum Gasteiger partial charge on any atom is 0.249 e. The molecule has 5 nitrogen and oxygen atoms in total. The molecule has 0 N–H and O–H groups in total. The summed E-state index contributed by atoms with van der Waals surface area (Å²) in [6.45, 7) is 0. The van der Waals surface area contributed by atoms with Crippen molar-refractivity contribution < 1.29 is 17.2 Å². The van der Waals surface area contributed by atoms with E-state index in [1.54, 1.807) is 6.20 Å². The highest BCUT2D eigenvalue weighted by atomic mass is 32.2. The zero-order valence-corrected chi connectivity index (χ0v) is 12.8. The van der Waals surface area contributed by atoms with Crippen molar-refractivity contribution in [2.24, 2.45) is 0 Å². The minimum absolute atomic E-state index is 0.327. The smallest absolute Gasteiger partial charge is 0.244 e. The average molecular weight is 337 g/mol. The quantitative estimate of drug-likeness (QED) is 0.843. The molecule has 1 aromatic heterocycles. The molecule has 0 spiro atoms. The van der Waals surface area contributed by atoms with Crippen molar-refractivity contribution in [3.05, 3.63) is 53.6 Å². The molecule has 2 aliphatic heterocycles. The summed E-state index contributed by atoms with van der Waals surface area (Å²) < 4.78 is 55.0. The van der Waals surface area contributed by atoms with Crippen molar-refractivity contribution in [2.75, 3.05) is 0 Å². The van der Waals surface area contributed by atoms with Crippen LogP contribution >= 0.6 is 0 Å². The van der Waals surface area contributed by atoms with Gasteiger partial charge in [0.2, 0.25) is 10.0 Å². The second kappa shape index (κ2) is 5.04. The zero-order valence-electron chi connectivity index (χ0n) is 12.0. The summed E-state index contributed by atoms with van der Waals surface area (Å²) in [5.41, 5.74) is 1.54. The predicted octanol–water partition coefficient (Wildman–Crippen LogP) is 2.21. The number of sulfonamides is 1. The fourth-order valence-corrected chi connectivity index (χ4v) is 5.55. The maximum absolute atomic E-state index is 14.0. The van der Waals surface area contributed by atoms with E-state index in [1.165, 1.54) is 10.6 Å². The third kappa shape index (κ3) is 2.08. The Labute approximate surface area is 132 Å². The highest BCUT2D eigenvalue weighted by molar-refractivity contribution is 7.89. The van der Waals surface area contributed by atoms with Gasteiger partial charge in [-0.15, -0.1) is 0 Å². The van der Waals surface area contributed by atoms with Gasteiger partial charge in [0.15, 0.2) is 4.90 Å². The van der Waals surface area contributed by atoms with Crippen LogP contribution in [0.2, 0.25) is 0 Å². The number of halogens is 2. The molecule has 0 saturated carbocycles. The van der Waals surface area contributed by atoms with E-state index in [0.717, 1.165) is 29.5 Å². The summed E-state index contributed by atoms with van der Waals surface area (Å²) in [6.07, 6.45) is 4.69. The van der Waals surface area contributed by atoms with Gasteiger partial charge in [0.05, 0.1) is 11.7 Å². The van der Waals surface area contributed by atoms with Gasteiger partial charge in [-0.05, 0) is 25.0 Å². The van der Waals surface area contributed by atoms with Crippen LogP contribution in [0.5, 0.6) is 0 Å². The number of rotatable bonds is 2. The van der Waals surface area contributed by atoms with Crippen LogP contribution in [0.4, 0.5) is 8.78 Å². The molecule has 1 aromatic carbocycles. The molecule has 2 atom stereocenters. The first-order chi connectivity index (χ1) is 11.0. The summed E-state index contributed by atoms with van der Waals surface area (Å²) >= 11 is 0. The normalized spacial score (nSPS) is 23.7. The van der Waals surface area contributed by atoms with Gasteiger partial charge in [0, 0.05) is 24.2 Å². The molecular formula is C15H13F2N3O2S. The van der Waals surface area contributed by atoms with Crippen molar-refractivity contribution in [2.45, 2.75) is 36.2 Å². The first-order valence-electron chi connectivity index (χ1n) is 7.26. The van der Waals surface area contributed by atoms with Crippen LogP contribution in [0, 0.1) is 11.6 Å². The Hall–Kier alpha value is -1.93. The van der Waals surface area contributed by atoms with Crippen molar-refractivity contribution in [1.29, 1.82) is 0 Å². The van der Waals surface area contributed by atoms with Gasteiger partial charge in [-0.3, -0.25) is 0 Å². The lowest BCUT2D eigenvalue weighted by atomic mass is 10.0. The topological polar surface area (TPSA) is 63.2 Å². The SMILES string of the molecule is O=S(=O)(c1c(F)cccc1F)N1[C@H]2CC[C@H]1c1cncnc1C2. The fraction of sp³-hybridized carbons (Fsp3) is 0.333. The van der Waals surface area contributed by atoms with E-state index >= 15 is 0 Å². The van der Waals surface area contributed by atoms with Crippen LogP contribution in [-0.4, -0.2) is 28.7 Å². The minimum Gasteiger partial charge on any atom is -0.244 e. The molecule has 120 valence electrons. The number of fused-ring (bicyclic) bond motifs is 4. The summed E-state index contributed by atoms with van der Waals surface area (Å²) in [7, 11) is -4.27. The van der Waals surface area contributed by atoms with Gasteiger partial charge >= 0.3 is 0 Å². The standard InChI is InChI=1S/C15H13F2N3O2S/c16-11-2-1-3-12(17)15(11)23(21,22)20-9-4-5-14(20)10-7-18-8-19-13(10)6-9/h1-3,7-9,14H,4-6H2/t9-,14-/m0/s1. The fourth-order valence-electron chi connectivity index (χ4n) is 3.58. The zero-order chi connectivity index (χ0) is 16.2. The van der Waals surface area contributed by atoms with E-state index in [1.807, 2.05) is 0 Å². The first-order valence-corrected chi connectivity index (χ1v) is 8.70. The minimum atomic E-state index is -4.27. The number of aromatic nitrogens is 2. The highest BCUT2D eigenvalue weighted by Gasteiger charge is 2.48. The molecule has 0 amide bonds. The first kappa shape index (κ1) is 14.6. The molecule has 0 aliphatic carbocycles. The third-order valence-electron chi connectivity index (χ3n) is 4.51. The van der Waals surface area contributed by atoms with Gasteiger partial charge in [0.1, 0.15) is 18.0 Å². The molecule has 2 aromatic rings. The van der Waals surface area contributed by atoms with E-state index in [-0.39, 0.29) is 6.04 Å². The summed E-state index contributed by atoms with van der Waals surface area (Å²) in [6, 6.07) is 2.27. The second-order valence-corrected chi connectivity index (χ2v) is 7.54. The lowest BCUT2D eigenvalue weighted by molar-refractivity contribution is 0.297. The van der Waals surface area contributed by atoms with Gasteiger partial charge in [0.25, 0.3) is 0 Å². The van der Waals surface area contributed by atoms with Crippen molar-refractivity contribution in [1.82, 2.24) is 14.3 Å². The van der Waals surface area contributed by atoms with E-state index in [9.17, 15) is 17.2 Å². The third-order valence-corrected chi connectivity index (χ3v) is 6.52. The Kier molecular flexibility index (Phi) is 3.21. The van der Waals surface area contributed by atoms with E-state index in [4.69, 9.17) is 0 Å². The van der Waals surface area contributed by atoms with Gasteiger partial charge in [-0.2, -0.15) is 4.31 Å². The van der Waals surface area contributed by atoms with Crippen LogP contribution in [0.25, 0.3) is 0 Å². The summed E-state index contributed by atoms with van der Waals surface area (Å²) in [4.78, 5) is 7.28. The van der Waals surface area contributed by atoms with Crippen molar-refractivity contribution in [3.8, 4) is 0 Å². The molecule has 0 radical (unpaired) electrons. The van der Waals surface area contributed by atoms with Gasteiger partial charge in [-0.1, -0.05) is 6.07 Å². The Morgan fingerprint density at radius 1 is 1.17 bits per heavy atom. The monoisotopic (exact) mass is 337 g/mol. The van der Waals surface area contributed by atoms with Crippen LogP contribution in [0.1, 0.15) is 30.1 Å². The Morgan fingerprint density at radius 2 is 1.91 bits per heavy atom. The van der Waals surface area contributed by atoms with Crippen LogP contribution in [-0.2, 0) is 16.4 Å². The molecule has 2 aliphatic rings. The molecule has 2 bridgehead atoms.